The largest absolute Gasteiger partial charge is 0.248 e. The molecule has 0 amide bonds. The Morgan fingerprint density at radius 1 is 0.880 bits per heavy atom. The molecule has 0 heterocycles. The zero-order valence-electron chi connectivity index (χ0n) is 16.6. The predicted molar refractivity (Wildman–Crippen MR) is 99.7 cm³/mol. The Bertz CT molecular complexity index is 501. The molecule has 25 heavy (non-hydrogen) atoms. The third kappa shape index (κ3) is 5.62. The number of alkyl halides is 3. The SMILES string of the molecule is CC(C)=C(/C=C(\C(C)C)C1CCC(F)(F)CC1)C1CCC(C)(F)CC1. The molecule has 2 saturated carbocycles. The molecule has 2 rings (SSSR count). The first-order chi connectivity index (χ1) is 11.5. The fourth-order valence-corrected chi connectivity index (χ4v) is 4.51. The van der Waals surface area contributed by atoms with Gasteiger partial charge in [-0.1, -0.05) is 31.1 Å². The van der Waals surface area contributed by atoms with Crippen LogP contribution >= 0.6 is 0 Å². The van der Waals surface area contributed by atoms with Crippen LogP contribution < -0.4 is 0 Å². The Hall–Kier alpha value is -0.730. The van der Waals surface area contributed by atoms with Gasteiger partial charge >= 0.3 is 0 Å². The molecule has 2 aliphatic rings. The second kappa shape index (κ2) is 7.88. The number of halogens is 3. The summed E-state index contributed by atoms with van der Waals surface area (Å²) in [7, 11) is 0. The molecule has 0 spiro atoms. The molecule has 0 atom stereocenters. The van der Waals surface area contributed by atoms with Crippen LogP contribution in [0, 0.1) is 17.8 Å². The molecule has 3 heteroatoms. The third-order valence-corrected chi connectivity index (χ3v) is 6.22. The Balaban J connectivity index is 2.20. The van der Waals surface area contributed by atoms with Crippen molar-refractivity contribution in [3.63, 3.8) is 0 Å². The lowest BCUT2D eigenvalue weighted by atomic mass is 9.73. The van der Waals surface area contributed by atoms with E-state index in [0.717, 1.165) is 12.8 Å². The van der Waals surface area contributed by atoms with Gasteiger partial charge in [-0.05, 0) is 82.6 Å². The van der Waals surface area contributed by atoms with Crippen LogP contribution in [-0.2, 0) is 0 Å². The number of hydrogen-bond acceptors (Lipinski definition) is 0. The summed E-state index contributed by atoms with van der Waals surface area (Å²) in [5.74, 6) is -1.44. The zero-order valence-corrected chi connectivity index (χ0v) is 16.6. The summed E-state index contributed by atoms with van der Waals surface area (Å²) in [5, 5.41) is 0. The van der Waals surface area contributed by atoms with Gasteiger partial charge in [0.15, 0.2) is 0 Å². The highest BCUT2D eigenvalue weighted by Gasteiger charge is 2.37. The minimum Gasteiger partial charge on any atom is -0.244 e. The lowest BCUT2D eigenvalue weighted by Crippen LogP contribution is -2.28. The maximum atomic E-state index is 14.2. The minimum absolute atomic E-state index is 0.00944. The van der Waals surface area contributed by atoms with Crippen molar-refractivity contribution < 1.29 is 13.2 Å². The molecule has 0 nitrogen and oxygen atoms in total. The van der Waals surface area contributed by atoms with Gasteiger partial charge < -0.3 is 0 Å². The van der Waals surface area contributed by atoms with Gasteiger partial charge in [0.05, 0.1) is 0 Å². The highest BCUT2D eigenvalue weighted by atomic mass is 19.3. The Labute approximate surface area is 152 Å². The molecule has 2 aliphatic carbocycles. The average molecular weight is 357 g/mol. The molecule has 0 aromatic rings. The quantitative estimate of drug-likeness (QED) is 0.454. The fraction of sp³-hybridized carbons (Fsp3) is 0.818. The first-order valence-electron chi connectivity index (χ1n) is 9.96. The van der Waals surface area contributed by atoms with Crippen molar-refractivity contribution in [3.05, 3.63) is 22.8 Å². The van der Waals surface area contributed by atoms with Crippen molar-refractivity contribution in [2.45, 2.75) is 97.6 Å². The van der Waals surface area contributed by atoms with Crippen molar-refractivity contribution in [3.8, 4) is 0 Å². The average Bonchev–Trinajstić information content (AvgIpc) is 2.49. The van der Waals surface area contributed by atoms with Crippen LogP contribution in [0.15, 0.2) is 22.8 Å². The maximum absolute atomic E-state index is 14.2. The summed E-state index contributed by atoms with van der Waals surface area (Å²) in [6, 6.07) is 0. The van der Waals surface area contributed by atoms with Crippen LogP contribution in [0.3, 0.4) is 0 Å². The highest BCUT2D eigenvalue weighted by molar-refractivity contribution is 5.32. The van der Waals surface area contributed by atoms with Gasteiger partial charge in [-0.2, -0.15) is 0 Å². The van der Waals surface area contributed by atoms with Crippen LogP contribution in [0.25, 0.3) is 0 Å². The van der Waals surface area contributed by atoms with Gasteiger partial charge in [0, 0.05) is 12.8 Å². The number of allylic oxidation sites excluding steroid dienone is 4. The molecule has 144 valence electrons. The van der Waals surface area contributed by atoms with Crippen LogP contribution in [0.2, 0.25) is 0 Å². The van der Waals surface area contributed by atoms with Crippen molar-refractivity contribution in [2.75, 3.05) is 0 Å². The van der Waals surface area contributed by atoms with E-state index >= 15 is 0 Å². The molecule has 0 radical (unpaired) electrons. The van der Waals surface area contributed by atoms with Crippen molar-refractivity contribution in [1.82, 2.24) is 0 Å². The highest BCUT2D eigenvalue weighted by Crippen LogP contribution is 2.43. The molecule has 0 saturated heterocycles. The Kier molecular flexibility index (Phi) is 6.49. The van der Waals surface area contributed by atoms with Crippen LogP contribution in [-0.4, -0.2) is 11.6 Å². The summed E-state index contributed by atoms with van der Waals surface area (Å²) < 4.78 is 41.2. The van der Waals surface area contributed by atoms with Crippen LogP contribution in [0.5, 0.6) is 0 Å². The molecule has 0 bridgehead atoms. The molecule has 0 aliphatic heterocycles. The zero-order chi connectivity index (χ0) is 18.8. The first kappa shape index (κ1) is 20.6. The second-order valence-corrected chi connectivity index (χ2v) is 9.07. The fourth-order valence-electron chi connectivity index (χ4n) is 4.51. The monoisotopic (exact) mass is 356 g/mol. The first-order valence-corrected chi connectivity index (χ1v) is 9.96. The van der Waals surface area contributed by atoms with Crippen LogP contribution in [0.1, 0.15) is 86.0 Å². The van der Waals surface area contributed by atoms with E-state index in [4.69, 9.17) is 0 Å². The summed E-state index contributed by atoms with van der Waals surface area (Å²) in [6.07, 6.45) is 6.51. The molecule has 0 N–H and O–H groups in total. The lowest BCUT2D eigenvalue weighted by molar-refractivity contribution is -0.0427. The van der Waals surface area contributed by atoms with E-state index in [-0.39, 0.29) is 18.8 Å². The molecule has 0 aromatic heterocycles. The molecular weight excluding hydrogens is 321 g/mol. The van der Waals surface area contributed by atoms with E-state index in [1.54, 1.807) is 6.92 Å². The molecule has 0 unspecified atom stereocenters. The third-order valence-electron chi connectivity index (χ3n) is 6.22. The summed E-state index contributed by atoms with van der Waals surface area (Å²) in [4.78, 5) is 0. The normalized spacial score (nSPS) is 31.2. The minimum atomic E-state index is -2.48. The topological polar surface area (TPSA) is 0 Å². The lowest BCUT2D eigenvalue weighted by Gasteiger charge is -2.35. The van der Waals surface area contributed by atoms with Gasteiger partial charge in [-0.15, -0.1) is 0 Å². The van der Waals surface area contributed by atoms with E-state index in [2.05, 4.69) is 33.8 Å². The van der Waals surface area contributed by atoms with E-state index in [9.17, 15) is 13.2 Å². The van der Waals surface area contributed by atoms with Crippen molar-refractivity contribution >= 4 is 0 Å². The van der Waals surface area contributed by atoms with E-state index in [1.165, 1.54) is 16.7 Å². The van der Waals surface area contributed by atoms with Crippen molar-refractivity contribution in [2.24, 2.45) is 17.8 Å². The Morgan fingerprint density at radius 3 is 1.80 bits per heavy atom. The van der Waals surface area contributed by atoms with Crippen LogP contribution in [0.4, 0.5) is 13.2 Å². The van der Waals surface area contributed by atoms with Gasteiger partial charge in [-0.25, -0.2) is 13.2 Å². The standard InChI is InChI=1S/C22H35F3/c1-15(2)19(17-6-10-21(5,23)11-7-17)14-20(16(3)4)18-8-12-22(24,25)13-9-18/h14,16-18H,6-13H2,1-5H3/b20-14+. The summed E-state index contributed by atoms with van der Waals surface area (Å²) in [6.45, 7) is 10.3. The van der Waals surface area contributed by atoms with E-state index in [0.29, 0.717) is 37.5 Å². The number of hydrogen-bond donors (Lipinski definition) is 0. The summed E-state index contributed by atoms with van der Waals surface area (Å²) >= 11 is 0. The maximum Gasteiger partial charge on any atom is 0.248 e. The predicted octanol–water partition coefficient (Wildman–Crippen LogP) is 7.65. The Morgan fingerprint density at radius 2 is 1.36 bits per heavy atom. The van der Waals surface area contributed by atoms with E-state index < -0.39 is 11.6 Å². The second-order valence-electron chi connectivity index (χ2n) is 9.07. The van der Waals surface area contributed by atoms with Gasteiger partial charge in [0.2, 0.25) is 5.92 Å². The summed E-state index contributed by atoms with van der Waals surface area (Å²) in [5.41, 5.74) is 2.91. The number of rotatable bonds is 4. The van der Waals surface area contributed by atoms with E-state index in [1.807, 2.05) is 0 Å². The van der Waals surface area contributed by atoms with Gasteiger partial charge in [0.25, 0.3) is 0 Å². The molecular formula is C22H35F3. The van der Waals surface area contributed by atoms with Crippen molar-refractivity contribution in [1.29, 1.82) is 0 Å². The molecule has 2 fully saturated rings. The smallest absolute Gasteiger partial charge is 0.244 e. The molecule has 0 aromatic carbocycles. The van der Waals surface area contributed by atoms with Gasteiger partial charge in [0.1, 0.15) is 5.67 Å². The van der Waals surface area contributed by atoms with Gasteiger partial charge in [-0.3, -0.25) is 0 Å².